The van der Waals surface area contributed by atoms with Gasteiger partial charge in [-0.25, -0.2) is 13.2 Å². The molecule has 1 heterocycles. The minimum atomic E-state index is -3.64. The molecule has 0 atom stereocenters. The number of hydrogen-bond donors (Lipinski definition) is 0. The van der Waals surface area contributed by atoms with E-state index in [1.807, 2.05) is 0 Å². The molecule has 1 aliphatic rings. The highest BCUT2D eigenvalue weighted by Gasteiger charge is 2.30. The van der Waals surface area contributed by atoms with E-state index in [4.69, 9.17) is 16.4 Å². The Balaban J connectivity index is 1.46. The first-order valence-electron chi connectivity index (χ1n) is 9.68. The molecule has 0 radical (unpaired) electrons. The Hall–Kier alpha value is -2.95. The number of nitrogens with zero attached hydrogens (tertiary/aromatic N) is 3. The fourth-order valence-corrected chi connectivity index (χ4v) is 4.59. The highest BCUT2D eigenvalue weighted by atomic mass is 35.5. The van der Waals surface area contributed by atoms with Crippen molar-refractivity contribution in [1.29, 1.82) is 0 Å². The van der Waals surface area contributed by atoms with Gasteiger partial charge >= 0.3 is 5.97 Å². The fourth-order valence-electron chi connectivity index (χ4n) is 3.04. The molecule has 32 heavy (non-hydrogen) atoms. The van der Waals surface area contributed by atoms with Crippen LogP contribution >= 0.6 is 11.6 Å². The molecule has 0 N–H and O–H groups in total. The van der Waals surface area contributed by atoms with E-state index in [2.05, 4.69) is 9.89 Å². The number of oxime groups is 1. The summed E-state index contributed by atoms with van der Waals surface area (Å²) in [5, 5.41) is 4.22. The summed E-state index contributed by atoms with van der Waals surface area (Å²) in [5.41, 5.74) is 1.10. The Morgan fingerprint density at radius 2 is 1.66 bits per heavy atom. The molecule has 0 unspecified atom stereocenters. The molecule has 1 saturated heterocycles. The van der Waals surface area contributed by atoms with Gasteiger partial charge in [0.15, 0.2) is 6.61 Å². The monoisotopic (exact) mass is 479 g/mol. The molecule has 0 aliphatic carbocycles. The van der Waals surface area contributed by atoms with Gasteiger partial charge in [0.2, 0.25) is 10.0 Å². The van der Waals surface area contributed by atoms with Gasteiger partial charge in [-0.1, -0.05) is 28.9 Å². The molecular weight excluding hydrogens is 458 g/mol. The van der Waals surface area contributed by atoms with Gasteiger partial charge < -0.3 is 14.5 Å². The van der Waals surface area contributed by atoms with Gasteiger partial charge in [-0.3, -0.25) is 4.79 Å². The smallest absolute Gasteiger partial charge is 0.337 e. The maximum Gasteiger partial charge on any atom is 0.337 e. The highest BCUT2D eigenvalue weighted by Crippen LogP contribution is 2.20. The van der Waals surface area contributed by atoms with Crippen LogP contribution in [0.2, 0.25) is 5.02 Å². The number of amides is 1. The molecule has 170 valence electrons. The van der Waals surface area contributed by atoms with Gasteiger partial charge in [0.1, 0.15) is 0 Å². The topological polar surface area (TPSA) is 106 Å². The summed E-state index contributed by atoms with van der Waals surface area (Å²) in [5.74, 6) is -0.719. The van der Waals surface area contributed by atoms with Crippen molar-refractivity contribution in [2.24, 2.45) is 5.16 Å². The minimum absolute atomic E-state index is 0.166. The van der Waals surface area contributed by atoms with Gasteiger partial charge in [-0.05, 0) is 42.0 Å². The van der Waals surface area contributed by atoms with Crippen LogP contribution in [-0.4, -0.2) is 75.6 Å². The number of esters is 1. The minimum Gasteiger partial charge on any atom is -0.465 e. The first kappa shape index (κ1) is 23.7. The number of hydrogen-bond acceptors (Lipinski definition) is 7. The second-order valence-corrected chi connectivity index (χ2v) is 9.23. The Labute approximate surface area is 191 Å². The number of carbonyl (C=O) groups is 2. The normalized spacial score (nSPS) is 15.0. The maximum atomic E-state index is 12.7. The quantitative estimate of drug-likeness (QED) is 0.341. The van der Waals surface area contributed by atoms with Crippen LogP contribution in [0.15, 0.2) is 58.6 Å². The van der Waals surface area contributed by atoms with Crippen molar-refractivity contribution < 1.29 is 27.6 Å². The zero-order valence-corrected chi connectivity index (χ0v) is 18.9. The average Bonchev–Trinajstić information content (AvgIpc) is 2.82. The first-order valence-corrected chi connectivity index (χ1v) is 11.5. The SMILES string of the molecule is COC(=O)c1ccc(/C=N/OCC(=O)N2CCN(S(=O)(=O)c3ccc(Cl)cc3)CC2)cc1. The zero-order valence-electron chi connectivity index (χ0n) is 17.3. The van der Waals surface area contributed by atoms with Gasteiger partial charge in [0, 0.05) is 31.2 Å². The Morgan fingerprint density at radius 3 is 2.25 bits per heavy atom. The summed E-state index contributed by atoms with van der Waals surface area (Å²) in [6.45, 7) is 0.626. The number of rotatable bonds is 7. The predicted octanol–water partition coefficient (Wildman–Crippen LogP) is 2.01. The van der Waals surface area contributed by atoms with Crippen molar-refractivity contribution in [3.8, 4) is 0 Å². The second-order valence-electron chi connectivity index (χ2n) is 6.86. The Bertz CT molecular complexity index is 1080. The lowest BCUT2D eigenvalue weighted by Gasteiger charge is -2.33. The van der Waals surface area contributed by atoms with Crippen LogP contribution in [0.4, 0.5) is 0 Å². The van der Waals surface area contributed by atoms with E-state index in [0.29, 0.717) is 16.1 Å². The van der Waals surface area contributed by atoms with Gasteiger partial charge in [0.25, 0.3) is 5.91 Å². The molecule has 11 heteroatoms. The highest BCUT2D eigenvalue weighted by molar-refractivity contribution is 7.89. The van der Waals surface area contributed by atoms with Crippen LogP contribution in [0.1, 0.15) is 15.9 Å². The predicted molar refractivity (Wildman–Crippen MR) is 118 cm³/mol. The third-order valence-electron chi connectivity index (χ3n) is 4.84. The van der Waals surface area contributed by atoms with Crippen LogP contribution in [0, 0.1) is 0 Å². The largest absolute Gasteiger partial charge is 0.465 e. The summed E-state index contributed by atoms with van der Waals surface area (Å²) < 4.78 is 31.4. The van der Waals surface area contributed by atoms with Crippen molar-refractivity contribution in [1.82, 2.24) is 9.21 Å². The molecule has 0 bridgehead atoms. The van der Waals surface area contributed by atoms with Crippen LogP contribution in [-0.2, 0) is 24.4 Å². The lowest BCUT2D eigenvalue weighted by molar-refractivity contribution is -0.137. The van der Waals surface area contributed by atoms with E-state index in [-0.39, 0.29) is 43.6 Å². The molecule has 1 aliphatic heterocycles. The molecular formula is C21H22ClN3O6S. The summed E-state index contributed by atoms with van der Waals surface area (Å²) in [7, 11) is -2.33. The van der Waals surface area contributed by atoms with E-state index < -0.39 is 16.0 Å². The van der Waals surface area contributed by atoms with E-state index in [9.17, 15) is 18.0 Å². The number of piperazine rings is 1. The molecule has 0 spiro atoms. The van der Waals surface area contributed by atoms with Crippen molar-refractivity contribution in [2.75, 3.05) is 39.9 Å². The van der Waals surface area contributed by atoms with E-state index in [1.165, 1.54) is 46.8 Å². The number of halogens is 1. The third-order valence-corrected chi connectivity index (χ3v) is 7.00. The standard InChI is InChI=1S/C21H22ClN3O6S/c1-30-21(27)17-4-2-16(3-5-17)14-23-31-15-20(26)24-10-12-25(13-11-24)32(28,29)19-8-6-18(22)7-9-19/h2-9,14H,10-13,15H2,1H3/b23-14+. The number of ether oxygens (including phenoxy) is 1. The number of carbonyl (C=O) groups excluding carboxylic acids is 2. The molecule has 9 nitrogen and oxygen atoms in total. The van der Waals surface area contributed by atoms with Gasteiger partial charge in [0.05, 0.1) is 23.8 Å². The average molecular weight is 480 g/mol. The molecule has 0 aromatic heterocycles. The van der Waals surface area contributed by atoms with E-state index in [0.717, 1.165) is 0 Å². The van der Waals surface area contributed by atoms with E-state index in [1.54, 1.807) is 24.3 Å². The summed E-state index contributed by atoms with van der Waals surface area (Å²) in [6.07, 6.45) is 1.42. The summed E-state index contributed by atoms with van der Waals surface area (Å²) >= 11 is 5.82. The van der Waals surface area contributed by atoms with Crippen LogP contribution in [0.3, 0.4) is 0 Å². The lowest BCUT2D eigenvalue weighted by atomic mass is 10.1. The van der Waals surface area contributed by atoms with Crippen LogP contribution in [0.5, 0.6) is 0 Å². The molecule has 2 aromatic carbocycles. The Kier molecular flexibility index (Phi) is 7.84. The summed E-state index contributed by atoms with van der Waals surface area (Å²) in [4.78, 5) is 30.5. The maximum absolute atomic E-state index is 12.7. The Morgan fingerprint density at radius 1 is 1.03 bits per heavy atom. The van der Waals surface area contributed by atoms with Crippen molar-refractivity contribution >= 4 is 39.7 Å². The van der Waals surface area contributed by atoms with E-state index >= 15 is 0 Å². The van der Waals surface area contributed by atoms with Crippen LogP contribution < -0.4 is 0 Å². The molecule has 1 fully saturated rings. The van der Waals surface area contributed by atoms with Gasteiger partial charge in [-0.15, -0.1) is 0 Å². The molecule has 0 saturated carbocycles. The van der Waals surface area contributed by atoms with Gasteiger partial charge in [-0.2, -0.15) is 4.31 Å². The second kappa shape index (κ2) is 10.6. The molecule has 2 aromatic rings. The van der Waals surface area contributed by atoms with Crippen molar-refractivity contribution in [2.45, 2.75) is 4.90 Å². The third kappa shape index (κ3) is 5.84. The van der Waals surface area contributed by atoms with Crippen LogP contribution in [0.25, 0.3) is 0 Å². The molecule has 3 rings (SSSR count). The number of methoxy groups -OCH3 is 1. The first-order chi connectivity index (χ1) is 15.3. The fraction of sp³-hybridized carbons (Fsp3) is 0.286. The summed E-state index contributed by atoms with van der Waals surface area (Å²) in [6, 6.07) is 12.5. The number of benzene rings is 2. The lowest BCUT2D eigenvalue weighted by Crippen LogP contribution is -2.51. The zero-order chi connectivity index (χ0) is 23.1. The van der Waals surface area contributed by atoms with Crippen molar-refractivity contribution in [3.05, 3.63) is 64.7 Å². The number of sulfonamides is 1. The molecule has 1 amide bonds. The van der Waals surface area contributed by atoms with Crippen molar-refractivity contribution in [3.63, 3.8) is 0 Å².